The zero-order valence-electron chi connectivity index (χ0n) is 8.76. The van der Waals surface area contributed by atoms with Crippen LogP contribution in [0.5, 0.6) is 0 Å². The van der Waals surface area contributed by atoms with E-state index in [1.54, 1.807) is 0 Å². The topological polar surface area (TPSA) is 0 Å². The Kier molecular flexibility index (Phi) is 5.70. The predicted molar refractivity (Wildman–Crippen MR) is 75.4 cm³/mol. The summed E-state index contributed by atoms with van der Waals surface area (Å²) in [6, 6.07) is 0. The van der Waals surface area contributed by atoms with Gasteiger partial charge in [-0.15, -0.1) is 0 Å². The summed E-state index contributed by atoms with van der Waals surface area (Å²) in [5.74, 6) is 0.771. The fourth-order valence-corrected chi connectivity index (χ4v) is 1.52. The van der Waals surface area contributed by atoms with Gasteiger partial charge in [0.05, 0.1) is 0 Å². The summed E-state index contributed by atoms with van der Waals surface area (Å²) in [5, 5.41) is 0.854. The first kappa shape index (κ1) is 13.2. The van der Waals surface area contributed by atoms with Crippen molar-refractivity contribution in [2.24, 2.45) is 0 Å². The normalized spacial score (nSPS) is 19.8. The smallest absolute Gasteiger partial charge is 0.140 e. The molecule has 0 heterocycles. The van der Waals surface area contributed by atoms with Crippen molar-refractivity contribution in [2.45, 2.75) is 47.9 Å². The highest BCUT2D eigenvalue weighted by molar-refractivity contribution is 14.1. The molecule has 0 rings (SSSR count). The van der Waals surface area contributed by atoms with Gasteiger partial charge in [-0.2, -0.15) is 12.6 Å². The minimum atomic E-state index is 0.336. The Balaban J connectivity index is 3.93. The van der Waals surface area contributed by atoms with Crippen LogP contribution >= 0.6 is 35.2 Å². The maximum atomic E-state index is 4.64. The van der Waals surface area contributed by atoms with E-state index in [2.05, 4.69) is 70.8 Å². The number of hydrogen-bond acceptors (Lipinski definition) is 1. The third kappa shape index (κ3) is 5.05. The molecule has 4 heteroatoms. The fraction of sp³-hybridized carbons (Fsp3) is 1.00. The maximum absolute atomic E-state index is 4.64. The Morgan fingerprint density at radius 3 is 2.08 bits per heavy atom. The average Bonchev–Trinajstić information content (AvgIpc) is 1.85. The van der Waals surface area contributed by atoms with Gasteiger partial charge in [0.1, 0.15) is 15.1 Å². The first-order valence-corrected chi connectivity index (χ1v) is 6.33. The van der Waals surface area contributed by atoms with Crippen molar-refractivity contribution in [1.82, 2.24) is 0 Å². The average molecular weight is 296 g/mol. The highest BCUT2D eigenvalue weighted by Gasteiger charge is 2.25. The molecule has 0 N–H and O–H groups in total. The lowest BCUT2D eigenvalue weighted by Crippen LogP contribution is -2.28. The van der Waals surface area contributed by atoms with Crippen molar-refractivity contribution < 1.29 is 0 Å². The van der Waals surface area contributed by atoms with Gasteiger partial charge < -0.3 is 0 Å². The van der Waals surface area contributed by atoms with Crippen LogP contribution in [-0.2, 0) is 0 Å². The van der Waals surface area contributed by atoms with Crippen LogP contribution in [-0.4, -0.2) is 24.2 Å². The standard InChI is InChI=1S/C8H19B2IS/c1-5(6(2)11)10-7(12)8(3,4)9/h5-7,10,12H,9H2,1-4H3. The Hall–Kier alpha value is 1.21. The molecule has 0 amide bonds. The quantitative estimate of drug-likeness (QED) is 0.349. The zero-order chi connectivity index (χ0) is 9.94. The van der Waals surface area contributed by atoms with E-state index in [4.69, 9.17) is 0 Å². The summed E-state index contributed by atoms with van der Waals surface area (Å²) in [6.07, 6.45) is 0. The molecule has 0 bridgehead atoms. The maximum Gasteiger partial charge on any atom is 0.140 e. The largest absolute Gasteiger partial charge is 0.185 e. The lowest BCUT2D eigenvalue weighted by molar-refractivity contribution is 0.731. The third-order valence-electron chi connectivity index (χ3n) is 2.38. The summed E-state index contributed by atoms with van der Waals surface area (Å²) in [6.45, 7) is 9.10. The van der Waals surface area contributed by atoms with E-state index in [-0.39, 0.29) is 0 Å². The second kappa shape index (κ2) is 5.18. The van der Waals surface area contributed by atoms with Gasteiger partial charge in [0.2, 0.25) is 0 Å². The van der Waals surface area contributed by atoms with Crippen molar-refractivity contribution >= 4 is 50.3 Å². The highest BCUT2D eigenvalue weighted by Crippen LogP contribution is 2.31. The minimum absolute atomic E-state index is 0.336. The molecule has 0 fully saturated rings. The van der Waals surface area contributed by atoms with Crippen molar-refractivity contribution in [2.75, 3.05) is 0 Å². The molecule has 0 aromatic heterocycles. The second-order valence-corrected chi connectivity index (χ2v) is 7.36. The van der Waals surface area contributed by atoms with Gasteiger partial charge in [0.25, 0.3) is 0 Å². The summed E-state index contributed by atoms with van der Waals surface area (Å²) < 4.78 is 0.750. The summed E-state index contributed by atoms with van der Waals surface area (Å²) >= 11 is 7.14. The van der Waals surface area contributed by atoms with E-state index in [1.807, 2.05) is 0 Å². The molecule has 0 aromatic carbocycles. The Morgan fingerprint density at radius 2 is 1.83 bits per heavy atom. The highest BCUT2D eigenvalue weighted by atomic mass is 127. The number of alkyl halides is 1. The molecule has 0 aliphatic heterocycles. The summed E-state index contributed by atoms with van der Waals surface area (Å²) in [4.78, 5) is 0. The van der Waals surface area contributed by atoms with Gasteiger partial charge in [-0.05, 0) is 5.15 Å². The minimum Gasteiger partial charge on any atom is -0.185 e. The molecule has 0 saturated carbocycles. The van der Waals surface area contributed by atoms with Gasteiger partial charge in [0.15, 0.2) is 0 Å². The van der Waals surface area contributed by atoms with Crippen molar-refractivity contribution in [1.29, 1.82) is 0 Å². The molecule has 3 atom stereocenters. The molecule has 3 unspecified atom stereocenters. The fourth-order valence-electron chi connectivity index (χ4n) is 0.893. The van der Waals surface area contributed by atoms with E-state index in [1.165, 1.54) is 7.28 Å². The van der Waals surface area contributed by atoms with Gasteiger partial charge in [-0.3, -0.25) is 0 Å². The third-order valence-corrected chi connectivity index (χ3v) is 4.59. The zero-order valence-corrected chi connectivity index (χ0v) is 11.8. The lowest BCUT2D eigenvalue weighted by atomic mass is 9.50. The molecular formula is C8H19B2IS. The van der Waals surface area contributed by atoms with Crippen molar-refractivity contribution in [3.8, 4) is 0 Å². The second-order valence-electron chi connectivity index (χ2n) is 4.77. The summed E-state index contributed by atoms with van der Waals surface area (Å²) in [5.41, 5.74) is 0. The van der Waals surface area contributed by atoms with Crippen LogP contribution in [0.2, 0.25) is 11.1 Å². The Morgan fingerprint density at radius 1 is 1.42 bits per heavy atom. The molecule has 0 spiro atoms. The van der Waals surface area contributed by atoms with Crippen LogP contribution in [0.25, 0.3) is 0 Å². The molecular weight excluding hydrogens is 277 g/mol. The number of halogens is 1. The molecule has 0 aliphatic carbocycles. The van der Waals surface area contributed by atoms with Crippen molar-refractivity contribution in [3.63, 3.8) is 0 Å². The van der Waals surface area contributed by atoms with Crippen LogP contribution in [0.15, 0.2) is 0 Å². The van der Waals surface area contributed by atoms with Gasteiger partial charge in [-0.1, -0.05) is 61.4 Å². The first-order valence-electron chi connectivity index (χ1n) is 4.57. The van der Waals surface area contributed by atoms with Gasteiger partial charge in [-0.25, -0.2) is 0 Å². The molecule has 0 saturated heterocycles. The SMILES string of the molecule is BC(C)(C)C(S)BC(C)C(C)I. The Labute approximate surface area is 97.8 Å². The van der Waals surface area contributed by atoms with Gasteiger partial charge in [0, 0.05) is 3.92 Å². The van der Waals surface area contributed by atoms with E-state index in [0.29, 0.717) is 10.5 Å². The number of hydrogen-bond donors (Lipinski definition) is 1. The monoisotopic (exact) mass is 296 g/mol. The van der Waals surface area contributed by atoms with Crippen LogP contribution < -0.4 is 0 Å². The van der Waals surface area contributed by atoms with Crippen LogP contribution in [0.1, 0.15) is 27.7 Å². The van der Waals surface area contributed by atoms with Gasteiger partial charge >= 0.3 is 0 Å². The molecule has 70 valence electrons. The predicted octanol–water partition coefficient (Wildman–Crippen LogP) is 2.14. The van der Waals surface area contributed by atoms with E-state index < -0.39 is 0 Å². The molecule has 0 aliphatic rings. The van der Waals surface area contributed by atoms with Crippen molar-refractivity contribution in [3.05, 3.63) is 0 Å². The van der Waals surface area contributed by atoms with E-state index >= 15 is 0 Å². The Bertz CT molecular complexity index is 134. The summed E-state index contributed by atoms with van der Waals surface area (Å²) in [7, 11) is 3.48. The first-order chi connectivity index (χ1) is 5.25. The van der Waals surface area contributed by atoms with E-state index in [9.17, 15) is 0 Å². The molecule has 0 nitrogen and oxygen atoms in total. The lowest BCUT2D eigenvalue weighted by Gasteiger charge is -2.28. The van der Waals surface area contributed by atoms with Crippen LogP contribution in [0.4, 0.5) is 0 Å². The van der Waals surface area contributed by atoms with Crippen LogP contribution in [0, 0.1) is 0 Å². The molecule has 0 radical (unpaired) electrons. The van der Waals surface area contributed by atoms with E-state index in [0.717, 1.165) is 9.74 Å². The number of thiol groups is 1. The molecule has 12 heavy (non-hydrogen) atoms. The molecule has 0 aromatic rings. The number of rotatable bonds is 4. The van der Waals surface area contributed by atoms with Crippen LogP contribution in [0.3, 0.4) is 0 Å².